The average molecular weight is 607 g/mol. The Morgan fingerprint density at radius 2 is 0.952 bits per heavy atom. The van der Waals surface area contributed by atoms with Crippen molar-refractivity contribution in [2.75, 3.05) is 46.2 Å². The monoisotopic (exact) mass is 606 g/mol. The Labute approximate surface area is 243 Å². The van der Waals surface area contributed by atoms with Crippen molar-refractivity contribution in [1.82, 2.24) is 0 Å². The van der Waals surface area contributed by atoms with Gasteiger partial charge in [0.25, 0.3) is 0 Å². The predicted molar refractivity (Wildman–Crippen MR) is 144 cm³/mol. The van der Waals surface area contributed by atoms with E-state index in [4.69, 9.17) is 28.4 Å². The van der Waals surface area contributed by atoms with Crippen LogP contribution in [0.3, 0.4) is 0 Å². The average Bonchev–Trinajstić information content (AvgIpc) is 2.94. The Hall–Kier alpha value is -3.02. The topological polar surface area (TPSA) is 225 Å². The first kappa shape index (κ1) is 39.0. The van der Waals surface area contributed by atoms with Gasteiger partial charge in [-0.15, -0.1) is 0 Å². The molecular formula is C27H42O15. The number of carbonyl (C=O) groups is 4. The Kier molecular flexibility index (Phi) is 19.3. The number of hydrogen-bond acceptors (Lipinski definition) is 15. The van der Waals surface area contributed by atoms with Crippen LogP contribution in [0, 0.1) is 0 Å². The van der Waals surface area contributed by atoms with Gasteiger partial charge in [0.15, 0.2) is 6.29 Å². The first-order valence-electron chi connectivity index (χ1n) is 12.8. The third kappa shape index (κ3) is 15.8. The van der Waals surface area contributed by atoms with Crippen LogP contribution in [-0.2, 0) is 47.6 Å². The van der Waals surface area contributed by atoms with E-state index in [1.54, 1.807) is 0 Å². The van der Waals surface area contributed by atoms with Crippen molar-refractivity contribution < 1.29 is 73.1 Å². The summed E-state index contributed by atoms with van der Waals surface area (Å²) in [4.78, 5) is 46.7. The number of ether oxygens (including phenoxy) is 6. The molecule has 240 valence electrons. The van der Waals surface area contributed by atoms with Gasteiger partial charge in [0.05, 0.1) is 26.4 Å². The number of aldehydes is 1. The number of carbonyl (C=O) groups excluding carboxylic acids is 4. The van der Waals surface area contributed by atoms with Crippen LogP contribution in [0.5, 0.6) is 0 Å². The molecule has 0 heterocycles. The van der Waals surface area contributed by atoms with Gasteiger partial charge in [-0.1, -0.05) is 19.7 Å². The van der Waals surface area contributed by atoms with Crippen LogP contribution in [0.2, 0.25) is 0 Å². The largest absolute Gasteiger partial charge is 0.460 e. The van der Waals surface area contributed by atoms with Crippen LogP contribution in [0.1, 0.15) is 20.8 Å². The number of hydrogen-bond donors (Lipinski definition) is 5. The fourth-order valence-electron chi connectivity index (χ4n) is 2.81. The molecule has 3 unspecified atom stereocenters. The van der Waals surface area contributed by atoms with E-state index in [0.717, 1.165) is 0 Å². The van der Waals surface area contributed by atoms with Crippen molar-refractivity contribution >= 4 is 24.2 Å². The van der Waals surface area contributed by atoms with Crippen molar-refractivity contribution in [2.24, 2.45) is 0 Å². The summed E-state index contributed by atoms with van der Waals surface area (Å²) in [5, 5.41) is 50.6. The molecule has 0 aliphatic rings. The highest BCUT2D eigenvalue weighted by Crippen LogP contribution is 2.17. The molecule has 0 saturated heterocycles. The summed E-state index contributed by atoms with van der Waals surface area (Å²) >= 11 is 0. The molecule has 0 amide bonds. The molecule has 0 radical (unpaired) electrons. The quantitative estimate of drug-likeness (QED) is 0.0372. The second-order valence-electron chi connectivity index (χ2n) is 9.38. The molecular weight excluding hydrogens is 564 g/mol. The predicted octanol–water partition coefficient (Wildman–Crippen LogP) is -1.87. The lowest BCUT2D eigenvalue weighted by Crippen LogP contribution is -2.52. The van der Waals surface area contributed by atoms with E-state index in [2.05, 4.69) is 19.7 Å². The van der Waals surface area contributed by atoms with Crippen LogP contribution >= 0.6 is 0 Å². The second kappa shape index (κ2) is 20.8. The zero-order valence-corrected chi connectivity index (χ0v) is 24.0. The Bertz CT molecular complexity index is 917. The normalized spacial score (nSPS) is 16.1. The molecule has 0 aromatic heterocycles. The van der Waals surface area contributed by atoms with E-state index in [-0.39, 0.29) is 23.0 Å². The lowest BCUT2D eigenvalue weighted by molar-refractivity contribution is -0.194. The van der Waals surface area contributed by atoms with Gasteiger partial charge < -0.3 is 58.7 Å². The Morgan fingerprint density at radius 1 is 0.619 bits per heavy atom. The summed E-state index contributed by atoms with van der Waals surface area (Å²) < 4.78 is 31.0. The van der Waals surface area contributed by atoms with Crippen molar-refractivity contribution in [3.05, 3.63) is 36.5 Å². The van der Waals surface area contributed by atoms with Crippen LogP contribution in [-0.4, -0.2) is 139 Å². The summed E-state index contributed by atoms with van der Waals surface area (Å²) in [6.45, 7) is 10.2. The first-order valence-corrected chi connectivity index (χ1v) is 12.8. The van der Waals surface area contributed by atoms with Gasteiger partial charge in [-0.3, -0.25) is 0 Å². The SMILES string of the molecule is C=C(C)C(=O)OCC(O)CO[C@H]([C@H](OCC(O)COC(=O)C(=C)C)[C@H](C=O)OCC(O)COC(=O)C(=C)C)[C@H](O)CO. The summed E-state index contributed by atoms with van der Waals surface area (Å²) in [5.41, 5.74) is 0.250. The summed E-state index contributed by atoms with van der Waals surface area (Å²) in [6.07, 6.45) is -10.6. The van der Waals surface area contributed by atoms with Crippen LogP contribution in [0.25, 0.3) is 0 Å². The van der Waals surface area contributed by atoms with Gasteiger partial charge in [-0.2, -0.15) is 0 Å². The standard InChI is InChI=1S/C27H42O15/c1-15(2)25(34)40-12-18(30)9-37-22(8-29)24(39-11-20(32)14-42-27(36)17(5)6)23(21(33)7-28)38-10-19(31)13-41-26(35)16(3)4/h8,18-24,28,30-33H,1,3,5,7,9-14H2,2,4,6H3/t18?,19?,20?,21-,22+,23+,24-/m1/s1. The molecule has 0 bridgehead atoms. The molecule has 15 nitrogen and oxygen atoms in total. The van der Waals surface area contributed by atoms with E-state index >= 15 is 0 Å². The van der Waals surface area contributed by atoms with E-state index < -0.39 is 107 Å². The maximum Gasteiger partial charge on any atom is 0.333 e. The fourth-order valence-corrected chi connectivity index (χ4v) is 2.81. The summed E-state index contributed by atoms with van der Waals surface area (Å²) in [7, 11) is 0. The molecule has 15 heteroatoms. The number of rotatable bonds is 23. The van der Waals surface area contributed by atoms with Gasteiger partial charge in [-0.25, -0.2) is 14.4 Å². The van der Waals surface area contributed by atoms with E-state index in [9.17, 15) is 44.7 Å². The van der Waals surface area contributed by atoms with Gasteiger partial charge in [0.2, 0.25) is 0 Å². The van der Waals surface area contributed by atoms with Crippen LogP contribution in [0.15, 0.2) is 36.5 Å². The van der Waals surface area contributed by atoms with E-state index in [1.165, 1.54) is 20.8 Å². The van der Waals surface area contributed by atoms with Crippen LogP contribution < -0.4 is 0 Å². The highest BCUT2D eigenvalue weighted by Gasteiger charge is 2.38. The van der Waals surface area contributed by atoms with Gasteiger partial charge in [0, 0.05) is 16.7 Å². The maximum absolute atomic E-state index is 12.0. The first-order chi connectivity index (χ1) is 19.6. The zero-order valence-electron chi connectivity index (χ0n) is 24.0. The molecule has 0 aliphatic carbocycles. The molecule has 0 aromatic rings. The zero-order chi connectivity index (χ0) is 32.4. The molecule has 0 spiro atoms. The lowest BCUT2D eigenvalue weighted by Gasteiger charge is -2.34. The molecule has 0 rings (SSSR count). The minimum atomic E-state index is -1.73. The maximum atomic E-state index is 12.0. The second-order valence-corrected chi connectivity index (χ2v) is 9.38. The summed E-state index contributed by atoms with van der Waals surface area (Å²) in [5.74, 6) is -2.32. The number of aliphatic hydroxyl groups excluding tert-OH is 5. The molecule has 42 heavy (non-hydrogen) atoms. The number of aliphatic hydroxyl groups is 5. The van der Waals surface area contributed by atoms with Crippen molar-refractivity contribution in [2.45, 2.75) is 63.5 Å². The fraction of sp³-hybridized carbons (Fsp3) is 0.630. The molecule has 0 saturated carbocycles. The molecule has 0 fully saturated rings. The third-order valence-corrected chi connectivity index (χ3v) is 5.06. The molecule has 0 aromatic carbocycles. The highest BCUT2D eigenvalue weighted by atomic mass is 16.6. The van der Waals surface area contributed by atoms with Crippen LogP contribution in [0.4, 0.5) is 0 Å². The Balaban J connectivity index is 5.70. The van der Waals surface area contributed by atoms with Gasteiger partial charge in [0.1, 0.15) is 62.5 Å². The molecule has 7 atom stereocenters. The third-order valence-electron chi connectivity index (χ3n) is 5.06. The van der Waals surface area contributed by atoms with Crippen molar-refractivity contribution in [3.8, 4) is 0 Å². The Morgan fingerprint density at radius 3 is 1.26 bits per heavy atom. The minimum absolute atomic E-state index is 0.0786. The number of esters is 3. The van der Waals surface area contributed by atoms with Gasteiger partial charge >= 0.3 is 17.9 Å². The van der Waals surface area contributed by atoms with Gasteiger partial charge in [-0.05, 0) is 20.8 Å². The minimum Gasteiger partial charge on any atom is -0.460 e. The lowest BCUT2D eigenvalue weighted by atomic mass is 10.0. The summed E-state index contributed by atoms with van der Waals surface area (Å²) in [6, 6.07) is 0. The van der Waals surface area contributed by atoms with E-state index in [1.807, 2.05) is 0 Å². The highest BCUT2D eigenvalue weighted by molar-refractivity contribution is 5.87. The smallest absolute Gasteiger partial charge is 0.333 e. The van der Waals surface area contributed by atoms with E-state index in [0.29, 0.717) is 0 Å². The molecule has 5 N–H and O–H groups in total. The molecule has 0 aliphatic heterocycles. The van der Waals surface area contributed by atoms with Crippen molar-refractivity contribution in [1.29, 1.82) is 0 Å². The van der Waals surface area contributed by atoms with Crippen molar-refractivity contribution in [3.63, 3.8) is 0 Å².